The van der Waals surface area contributed by atoms with E-state index in [1.54, 1.807) is 31.1 Å². The molecule has 122 valence electrons. The summed E-state index contributed by atoms with van der Waals surface area (Å²) in [6.45, 7) is 7.75. The van der Waals surface area contributed by atoms with Gasteiger partial charge in [0.15, 0.2) is 5.01 Å². The average molecular weight is 325 g/mol. The predicted octanol–water partition coefficient (Wildman–Crippen LogP) is 1.66. The number of rotatable bonds is 4. The van der Waals surface area contributed by atoms with Crippen molar-refractivity contribution in [2.75, 3.05) is 6.54 Å². The van der Waals surface area contributed by atoms with Gasteiger partial charge in [0, 0.05) is 18.0 Å². The van der Waals surface area contributed by atoms with Crippen LogP contribution in [0.1, 0.15) is 60.8 Å². The van der Waals surface area contributed by atoms with Crippen molar-refractivity contribution in [3.05, 3.63) is 16.1 Å². The molecular weight excluding hydrogens is 302 g/mol. The molecule has 1 aromatic rings. The first-order valence-corrected chi connectivity index (χ1v) is 8.38. The number of carbonyl (C=O) groups is 2. The first-order valence-electron chi connectivity index (χ1n) is 7.50. The molecule has 1 fully saturated rings. The van der Waals surface area contributed by atoms with Crippen molar-refractivity contribution in [3.63, 3.8) is 0 Å². The number of hydrogen-bond acceptors (Lipinski definition) is 5. The van der Waals surface area contributed by atoms with Crippen molar-refractivity contribution in [1.82, 2.24) is 15.2 Å². The minimum absolute atomic E-state index is 0.115. The Morgan fingerprint density at radius 2 is 2.23 bits per heavy atom. The molecule has 0 aromatic carbocycles. The normalized spacial score (nSPS) is 20.0. The van der Waals surface area contributed by atoms with E-state index in [2.05, 4.69) is 10.3 Å². The van der Waals surface area contributed by atoms with E-state index < -0.39 is 11.6 Å². The van der Waals surface area contributed by atoms with Crippen LogP contribution in [-0.4, -0.2) is 51.0 Å². The van der Waals surface area contributed by atoms with Gasteiger partial charge < -0.3 is 15.3 Å². The lowest BCUT2D eigenvalue weighted by Crippen LogP contribution is -2.47. The Hall–Kier alpha value is -1.47. The standard InChI is InChI=1S/C15H23N3O3S/c1-9-6-5-7-18(9)14(20)11-8-22-13(17-11)12(19)16-10(2)15(3,4)21/h8-10,21H,5-7H2,1-4H3,(H,16,19). The molecule has 0 radical (unpaired) electrons. The average Bonchev–Trinajstić information content (AvgIpc) is 3.05. The molecule has 1 saturated heterocycles. The van der Waals surface area contributed by atoms with Gasteiger partial charge in [0.25, 0.3) is 11.8 Å². The molecule has 1 aliphatic rings. The van der Waals surface area contributed by atoms with Crippen LogP contribution in [0.15, 0.2) is 5.38 Å². The van der Waals surface area contributed by atoms with E-state index >= 15 is 0 Å². The highest BCUT2D eigenvalue weighted by Crippen LogP contribution is 2.20. The van der Waals surface area contributed by atoms with Gasteiger partial charge in [-0.1, -0.05) is 0 Å². The third kappa shape index (κ3) is 3.64. The Labute approximate surface area is 134 Å². The van der Waals surface area contributed by atoms with Crippen molar-refractivity contribution < 1.29 is 14.7 Å². The van der Waals surface area contributed by atoms with Crippen molar-refractivity contribution in [2.24, 2.45) is 0 Å². The minimum Gasteiger partial charge on any atom is -0.388 e. The lowest BCUT2D eigenvalue weighted by atomic mass is 10.0. The number of carbonyl (C=O) groups excluding carboxylic acids is 2. The monoisotopic (exact) mass is 325 g/mol. The quantitative estimate of drug-likeness (QED) is 0.882. The summed E-state index contributed by atoms with van der Waals surface area (Å²) in [4.78, 5) is 30.5. The zero-order valence-corrected chi connectivity index (χ0v) is 14.2. The van der Waals surface area contributed by atoms with Gasteiger partial charge in [0.1, 0.15) is 5.69 Å². The first kappa shape index (κ1) is 16.9. The molecule has 1 aromatic heterocycles. The molecule has 22 heavy (non-hydrogen) atoms. The smallest absolute Gasteiger partial charge is 0.280 e. The van der Waals surface area contributed by atoms with E-state index in [1.807, 2.05) is 6.92 Å². The van der Waals surface area contributed by atoms with Crippen molar-refractivity contribution >= 4 is 23.2 Å². The number of likely N-dealkylation sites (tertiary alicyclic amines) is 1. The molecule has 0 saturated carbocycles. The largest absolute Gasteiger partial charge is 0.388 e. The predicted molar refractivity (Wildman–Crippen MR) is 85.1 cm³/mol. The third-order valence-corrected chi connectivity index (χ3v) is 4.98. The van der Waals surface area contributed by atoms with Crippen LogP contribution in [0.2, 0.25) is 0 Å². The van der Waals surface area contributed by atoms with Crippen molar-refractivity contribution in [2.45, 2.75) is 58.2 Å². The van der Waals surface area contributed by atoms with Crippen LogP contribution in [0, 0.1) is 0 Å². The second-order valence-corrected chi connectivity index (χ2v) is 7.23. The zero-order chi connectivity index (χ0) is 16.5. The molecule has 1 aliphatic heterocycles. The summed E-state index contributed by atoms with van der Waals surface area (Å²) >= 11 is 1.15. The van der Waals surface area contributed by atoms with Gasteiger partial charge in [-0.25, -0.2) is 4.98 Å². The summed E-state index contributed by atoms with van der Waals surface area (Å²) in [7, 11) is 0. The van der Waals surface area contributed by atoms with Crippen LogP contribution in [0.4, 0.5) is 0 Å². The molecule has 2 amide bonds. The molecule has 2 heterocycles. The highest BCUT2D eigenvalue weighted by Gasteiger charge is 2.29. The third-order valence-electron chi connectivity index (χ3n) is 4.14. The molecule has 6 nitrogen and oxygen atoms in total. The lowest BCUT2D eigenvalue weighted by Gasteiger charge is -2.26. The molecule has 2 N–H and O–H groups in total. The Balaban J connectivity index is 2.05. The molecular formula is C15H23N3O3S. The molecule has 0 bridgehead atoms. The molecule has 7 heteroatoms. The Morgan fingerprint density at radius 3 is 2.77 bits per heavy atom. The first-order chi connectivity index (χ1) is 10.2. The van der Waals surface area contributed by atoms with Gasteiger partial charge in [0.2, 0.25) is 0 Å². The van der Waals surface area contributed by atoms with E-state index in [9.17, 15) is 14.7 Å². The summed E-state index contributed by atoms with van der Waals surface area (Å²) < 4.78 is 0. The number of nitrogens with zero attached hydrogens (tertiary/aromatic N) is 2. The van der Waals surface area contributed by atoms with Crippen LogP contribution in [0.5, 0.6) is 0 Å². The van der Waals surface area contributed by atoms with Gasteiger partial charge in [-0.3, -0.25) is 9.59 Å². The summed E-state index contributed by atoms with van der Waals surface area (Å²) in [6.07, 6.45) is 2.01. The number of aromatic nitrogens is 1. The maximum Gasteiger partial charge on any atom is 0.280 e. The molecule has 2 atom stereocenters. The zero-order valence-electron chi connectivity index (χ0n) is 13.4. The van der Waals surface area contributed by atoms with E-state index in [0.717, 1.165) is 30.7 Å². The Morgan fingerprint density at radius 1 is 1.55 bits per heavy atom. The summed E-state index contributed by atoms with van der Waals surface area (Å²) in [6, 6.07) is -0.191. The number of nitrogens with one attached hydrogen (secondary N) is 1. The summed E-state index contributed by atoms with van der Waals surface area (Å²) in [5.41, 5.74) is -0.698. The molecule has 2 rings (SSSR count). The van der Waals surface area contributed by atoms with E-state index in [1.165, 1.54) is 0 Å². The molecule has 0 aliphatic carbocycles. The second-order valence-electron chi connectivity index (χ2n) is 6.38. The van der Waals surface area contributed by atoms with Crippen LogP contribution in [0.25, 0.3) is 0 Å². The lowest BCUT2D eigenvalue weighted by molar-refractivity contribution is 0.0408. The van der Waals surface area contributed by atoms with E-state index in [4.69, 9.17) is 0 Å². The fraction of sp³-hybridized carbons (Fsp3) is 0.667. The van der Waals surface area contributed by atoms with Gasteiger partial charge in [-0.2, -0.15) is 0 Å². The number of thiazole rings is 1. The van der Waals surface area contributed by atoms with Gasteiger partial charge in [-0.05, 0) is 40.5 Å². The van der Waals surface area contributed by atoms with Crippen LogP contribution < -0.4 is 5.32 Å². The van der Waals surface area contributed by atoms with Crippen LogP contribution in [0.3, 0.4) is 0 Å². The fourth-order valence-electron chi connectivity index (χ4n) is 2.29. The van der Waals surface area contributed by atoms with E-state index in [0.29, 0.717) is 5.69 Å². The van der Waals surface area contributed by atoms with Crippen LogP contribution >= 0.6 is 11.3 Å². The Bertz CT molecular complexity index is 565. The van der Waals surface area contributed by atoms with Gasteiger partial charge in [0.05, 0.1) is 11.6 Å². The fourth-order valence-corrected chi connectivity index (χ4v) is 2.99. The van der Waals surface area contributed by atoms with Crippen LogP contribution in [-0.2, 0) is 0 Å². The second kappa shape index (κ2) is 6.34. The number of amides is 2. The maximum absolute atomic E-state index is 12.4. The molecule has 2 unspecified atom stereocenters. The topological polar surface area (TPSA) is 82.5 Å². The van der Waals surface area contributed by atoms with Gasteiger partial charge in [-0.15, -0.1) is 11.3 Å². The Kier molecular flexibility index (Phi) is 4.87. The highest BCUT2D eigenvalue weighted by molar-refractivity contribution is 7.11. The summed E-state index contributed by atoms with van der Waals surface area (Å²) in [5.74, 6) is -0.482. The van der Waals surface area contributed by atoms with E-state index in [-0.39, 0.29) is 22.9 Å². The number of hydrogen-bond donors (Lipinski definition) is 2. The number of aliphatic hydroxyl groups is 1. The SMILES string of the molecule is CC1CCCN1C(=O)c1csc(C(=O)NC(C)C(C)(C)O)n1. The maximum atomic E-state index is 12.4. The summed E-state index contributed by atoms with van der Waals surface area (Å²) in [5, 5.41) is 14.4. The van der Waals surface area contributed by atoms with Crippen molar-refractivity contribution in [3.8, 4) is 0 Å². The minimum atomic E-state index is -1.02. The highest BCUT2D eigenvalue weighted by atomic mass is 32.1. The van der Waals surface area contributed by atoms with Crippen molar-refractivity contribution in [1.29, 1.82) is 0 Å². The molecule has 0 spiro atoms. The van der Waals surface area contributed by atoms with Gasteiger partial charge >= 0.3 is 0 Å².